The first-order chi connectivity index (χ1) is 7.69. The van der Waals surface area contributed by atoms with Crippen molar-refractivity contribution in [3.63, 3.8) is 0 Å². The van der Waals surface area contributed by atoms with Gasteiger partial charge in [0.1, 0.15) is 0 Å². The van der Waals surface area contributed by atoms with Gasteiger partial charge in [-0.3, -0.25) is 9.69 Å². The van der Waals surface area contributed by atoms with Crippen LogP contribution in [0.4, 0.5) is 0 Å². The molecule has 0 aromatic rings. The molecule has 2 N–H and O–H groups in total. The van der Waals surface area contributed by atoms with Gasteiger partial charge in [0.15, 0.2) is 0 Å². The number of likely N-dealkylation sites (N-methyl/N-ethyl adjacent to an activating group) is 1. The quantitative estimate of drug-likeness (QED) is 0.564. The van der Waals surface area contributed by atoms with Crippen LogP contribution in [0.25, 0.3) is 0 Å². The van der Waals surface area contributed by atoms with Crippen molar-refractivity contribution in [3.05, 3.63) is 0 Å². The average molecular weight is 232 g/mol. The van der Waals surface area contributed by atoms with E-state index in [9.17, 15) is 4.79 Å². The Morgan fingerprint density at radius 3 is 2.12 bits per heavy atom. The lowest BCUT2D eigenvalue weighted by Crippen LogP contribution is -2.41. The minimum absolute atomic E-state index is 0.0386. The van der Waals surface area contributed by atoms with E-state index in [1.165, 1.54) is 0 Å². The number of amides is 1. The van der Waals surface area contributed by atoms with E-state index in [0.29, 0.717) is 39.1 Å². The number of rotatable bonds is 9. The van der Waals surface area contributed by atoms with Gasteiger partial charge >= 0.3 is 0 Å². The van der Waals surface area contributed by atoms with Gasteiger partial charge in [0.2, 0.25) is 5.91 Å². The molecule has 0 heterocycles. The van der Waals surface area contributed by atoms with Crippen molar-refractivity contribution < 1.29 is 15.0 Å². The molecule has 16 heavy (non-hydrogen) atoms. The van der Waals surface area contributed by atoms with E-state index in [0.717, 1.165) is 0 Å². The molecule has 0 aliphatic heterocycles. The molecular formula is C11H24N2O3. The van der Waals surface area contributed by atoms with Gasteiger partial charge in [0, 0.05) is 32.8 Å². The zero-order chi connectivity index (χ0) is 12.4. The summed E-state index contributed by atoms with van der Waals surface area (Å²) in [5.74, 6) is 0.0800. The summed E-state index contributed by atoms with van der Waals surface area (Å²) in [6.45, 7) is 6.92. The number of hydrogen-bond acceptors (Lipinski definition) is 4. The minimum Gasteiger partial charge on any atom is -0.396 e. The molecule has 0 aliphatic carbocycles. The van der Waals surface area contributed by atoms with Crippen LogP contribution in [0, 0.1) is 0 Å². The monoisotopic (exact) mass is 232 g/mol. The van der Waals surface area contributed by atoms with Gasteiger partial charge in [-0.15, -0.1) is 0 Å². The third-order valence-electron chi connectivity index (χ3n) is 2.52. The van der Waals surface area contributed by atoms with E-state index in [2.05, 4.69) is 0 Å². The molecule has 5 heteroatoms. The van der Waals surface area contributed by atoms with Gasteiger partial charge in [-0.05, 0) is 20.3 Å². The molecule has 0 saturated carbocycles. The van der Waals surface area contributed by atoms with E-state index in [1.807, 2.05) is 18.7 Å². The Balaban J connectivity index is 4.09. The molecular weight excluding hydrogens is 208 g/mol. The van der Waals surface area contributed by atoms with Crippen LogP contribution in [0.1, 0.15) is 20.3 Å². The lowest BCUT2D eigenvalue weighted by molar-refractivity contribution is -0.132. The maximum atomic E-state index is 11.8. The number of hydrogen-bond donors (Lipinski definition) is 2. The smallest absolute Gasteiger partial charge is 0.236 e. The Bertz CT molecular complexity index is 184. The lowest BCUT2D eigenvalue weighted by atomic mass is 10.3. The minimum atomic E-state index is 0.0386. The van der Waals surface area contributed by atoms with Crippen LogP contribution in [-0.4, -0.2) is 71.9 Å². The molecule has 0 saturated heterocycles. The maximum Gasteiger partial charge on any atom is 0.236 e. The molecule has 0 aromatic heterocycles. The maximum absolute atomic E-state index is 11.8. The van der Waals surface area contributed by atoms with Crippen LogP contribution in [0.15, 0.2) is 0 Å². The molecule has 0 rings (SSSR count). The first-order valence-electron chi connectivity index (χ1n) is 5.91. The standard InChI is InChI=1S/C11H24N2O3/c1-3-13(4-2)11(16)10-12(7-9-15)6-5-8-14/h14-15H,3-10H2,1-2H3. The number of carbonyl (C=O) groups is 1. The van der Waals surface area contributed by atoms with Crippen molar-refractivity contribution in [1.82, 2.24) is 9.80 Å². The first kappa shape index (κ1) is 15.3. The highest BCUT2D eigenvalue weighted by Gasteiger charge is 2.14. The van der Waals surface area contributed by atoms with Crippen LogP contribution in [0.5, 0.6) is 0 Å². The van der Waals surface area contributed by atoms with Gasteiger partial charge in [-0.1, -0.05) is 0 Å². The summed E-state index contributed by atoms with van der Waals surface area (Å²) in [6.07, 6.45) is 0.630. The summed E-state index contributed by atoms with van der Waals surface area (Å²) in [7, 11) is 0. The third-order valence-corrected chi connectivity index (χ3v) is 2.52. The Kier molecular flexibility index (Phi) is 9.18. The zero-order valence-electron chi connectivity index (χ0n) is 10.4. The fourth-order valence-corrected chi connectivity index (χ4v) is 1.57. The van der Waals surface area contributed by atoms with Crippen molar-refractivity contribution in [2.75, 3.05) is 45.9 Å². The third kappa shape index (κ3) is 6.05. The molecule has 0 aromatic carbocycles. The summed E-state index contributed by atoms with van der Waals surface area (Å²) >= 11 is 0. The van der Waals surface area contributed by atoms with Crippen molar-refractivity contribution in [1.29, 1.82) is 0 Å². The highest BCUT2D eigenvalue weighted by atomic mass is 16.3. The second-order valence-electron chi connectivity index (χ2n) is 3.64. The largest absolute Gasteiger partial charge is 0.396 e. The summed E-state index contributed by atoms with van der Waals surface area (Å²) < 4.78 is 0. The molecule has 0 fully saturated rings. The average Bonchev–Trinajstić information content (AvgIpc) is 2.28. The fourth-order valence-electron chi connectivity index (χ4n) is 1.57. The number of aliphatic hydroxyl groups is 2. The summed E-state index contributed by atoms with van der Waals surface area (Å²) in [6, 6.07) is 0. The Labute approximate surface area is 97.7 Å². The van der Waals surface area contributed by atoms with Crippen molar-refractivity contribution >= 4 is 5.91 Å². The van der Waals surface area contributed by atoms with Gasteiger partial charge in [0.05, 0.1) is 13.2 Å². The topological polar surface area (TPSA) is 64.0 Å². The van der Waals surface area contributed by atoms with Gasteiger partial charge in [0.25, 0.3) is 0 Å². The van der Waals surface area contributed by atoms with Crippen LogP contribution in [-0.2, 0) is 4.79 Å². The van der Waals surface area contributed by atoms with E-state index >= 15 is 0 Å². The molecule has 1 amide bonds. The molecule has 0 spiro atoms. The first-order valence-corrected chi connectivity index (χ1v) is 5.91. The van der Waals surface area contributed by atoms with E-state index < -0.39 is 0 Å². The normalized spacial score (nSPS) is 10.8. The SMILES string of the molecule is CCN(CC)C(=O)CN(CCO)CCCO. The molecule has 0 unspecified atom stereocenters. The summed E-state index contributed by atoms with van der Waals surface area (Å²) in [5.41, 5.74) is 0. The predicted molar refractivity (Wildman–Crippen MR) is 63.2 cm³/mol. The van der Waals surface area contributed by atoms with E-state index in [-0.39, 0.29) is 19.1 Å². The van der Waals surface area contributed by atoms with Gasteiger partial charge < -0.3 is 15.1 Å². The van der Waals surface area contributed by atoms with Gasteiger partial charge in [-0.2, -0.15) is 0 Å². The van der Waals surface area contributed by atoms with Crippen LogP contribution in [0.2, 0.25) is 0 Å². The Morgan fingerprint density at radius 1 is 1.06 bits per heavy atom. The highest BCUT2D eigenvalue weighted by molar-refractivity contribution is 5.78. The number of nitrogens with zero attached hydrogens (tertiary/aromatic N) is 2. The van der Waals surface area contributed by atoms with E-state index in [1.54, 1.807) is 4.90 Å². The lowest BCUT2D eigenvalue weighted by Gasteiger charge is -2.25. The van der Waals surface area contributed by atoms with Crippen molar-refractivity contribution in [3.8, 4) is 0 Å². The molecule has 0 aliphatic rings. The number of aliphatic hydroxyl groups excluding tert-OH is 2. The van der Waals surface area contributed by atoms with E-state index in [4.69, 9.17) is 10.2 Å². The van der Waals surface area contributed by atoms with Gasteiger partial charge in [-0.25, -0.2) is 0 Å². The van der Waals surface area contributed by atoms with Crippen LogP contribution < -0.4 is 0 Å². The van der Waals surface area contributed by atoms with Crippen molar-refractivity contribution in [2.45, 2.75) is 20.3 Å². The molecule has 0 radical (unpaired) electrons. The Morgan fingerprint density at radius 2 is 1.69 bits per heavy atom. The fraction of sp³-hybridized carbons (Fsp3) is 0.909. The molecule has 5 nitrogen and oxygen atoms in total. The molecule has 96 valence electrons. The summed E-state index contributed by atoms with van der Waals surface area (Å²) in [5, 5.41) is 17.6. The Hall–Kier alpha value is -0.650. The van der Waals surface area contributed by atoms with Crippen molar-refractivity contribution in [2.24, 2.45) is 0 Å². The second-order valence-corrected chi connectivity index (χ2v) is 3.64. The van der Waals surface area contributed by atoms with Crippen LogP contribution >= 0.6 is 0 Å². The zero-order valence-corrected chi connectivity index (χ0v) is 10.4. The second kappa shape index (κ2) is 9.57. The molecule has 0 bridgehead atoms. The van der Waals surface area contributed by atoms with Crippen LogP contribution in [0.3, 0.4) is 0 Å². The highest BCUT2D eigenvalue weighted by Crippen LogP contribution is 1.96. The molecule has 0 atom stereocenters. The summed E-state index contributed by atoms with van der Waals surface area (Å²) in [4.78, 5) is 15.4. The number of carbonyl (C=O) groups excluding carboxylic acids is 1. The predicted octanol–water partition coefficient (Wildman–Crippen LogP) is -0.468.